The molecule has 1 unspecified atom stereocenters. The van der Waals surface area contributed by atoms with E-state index >= 15 is 0 Å². The van der Waals surface area contributed by atoms with Gasteiger partial charge in [0.15, 0.2) is 0 Å². The predicted molar refractivity (Wildman–Crippen MR) is 147 cm³/mol. The Morgan fingerprint density at radius 1 is 1.08 bits per heavy atom. The lowest BCUT2D eigenvalue weighted by atomic mass is 9.74. The number of cyclic esters (lactones) is 1. The fraction of sp³-hybridized carbons (Fsp3) is 0.567. The van der Waals surface area contributed by atoms with Crippen LogP contribution in [-0.4, -0.2) is 80.6 Å². The van der Waals surface area contributed by atoms with Gasteiger partial charge >= 0.3 is 5.97 Å². The van der Waals surface area contributed by atoms with E-state index in [1.54, 1.807) is 16.7 Å². The summed E-state index contributed by atoms with van der Waals surface area (Å²) in [6, 6.07) is 8.33. The highest BCUT2D eigenvalue weighted by Gasteiger charge is 2.74. The summed E-state index contributed by atoms with van der Waals surface area (Å²) in [6.07, 6.45) is 12.1. The van der Waals surface area contributed by atoms with E-state index in [1.165, 1.54) is 0 Å². The number of aliphatic hydroxyl groups excluding tert-OH is 1. The van der Waals surface area contributed by atoms with E-state index in [2.05, 4.69) is 6.92 Å². The number of likely N-dealkylation sites (tertiary alicyclic amines) is 1. The minimum atomic E-state index is -0.926. The molecule has 4 aliphatic heterocycles. The maximum atomic E-state index is 14.5. The second kappa shape index (κ2) is 10.9. The van der Waals surface area contributed by atoms with E-state index in [9.17, 15) is 19.5 Å². The van der Waals surface area contributed by atoms with Gasteiger partial charge in [-0.3, -0.25) is 14.4 Å². The first-order valence-electron chi connectivity index (χ1n) is 13.8. The molecule has 4 heterocycles. The molecule has 1 aromatic rings. The molecule has 0 bridgehead atoms. The van der Waals surface area contributed by atoms with Crippen molar-refractivity contribution in [2.24, 2.45) is 11.8 Å². The van der Waals surface area contributed by atoms with Crippen LogP contribution < -0.4 is 0 Å². The number of ether oxygens (including phenoxy) is 1. The first-order valence-corrected chi connectivity index (χ1v) is 14.7. The molecule has 2 amide bonds. The van der Waals surface area contributed by atoms with Crippen molar-refractivity contribution in [3.05, 3.63) is 60.2 Å². The Morgan fingerprint density at radius 2 is 1.87 bits per heavy atom. The van der Waals surface area contributed by atoms with E-state index in [4.69, 9.17) is 4.74 Å². The van der Waals surface area contributed by atoms with Crippen molar-refractivity contribution < 1.29 is 24.2 Å². The fourth-order valence-corrected chi connectivity index (χ4v) is 8.90. The van der Waals surface area contributed by atoms with Gasteiger partial charge in [-0.1, -0.05) is 74.4 Å². The largest absolute Gasteiger partial charge is 0.465 e. The number of aliphatic hydroxyl groups is 1. The quantitative estimate of drug-likeness (QED) is 0.310. The van der Waals surface area contributed by atoms with E-state index in [-0.39, 0.29) is 31.0 Å². The van der Waals surface area contributed by atoms with Gasteiger partial charge in [0.1, 0.15) is 6.04 Å². The van der Waals surface area contributed by atoms with Crippen molar-refractivity contribution >= 4 is 29.5 Å². The Kier molecular flexibility index (Phi) is 7.74. The van der Waals surface area contributed by atoms with Crippen LogP contribution in [0.2, 0.25) is 0 Å². The van der Waals surface area contributed by atoms with E-state index in [1.807, 2.05) is 66.5 Å². The van der Waals surface area contributed by atoms with Crippen LogP contribution in [0, 0.1) is 11.8 Å². The summed E-state index contributed by atoms with van der Waals surface area (Å²) in [5.41, 5.74) is 0.979. The number of carbonyl (C=O) groups is 3. The van der Waals surface area contributed by atoms with Crippen molar-refractivity contribution in [2.45, 2.75) is 67.5 Å². The summed E-state index contributed by atoms with van der Waals surface area (Å²) in [5.74, 6) is -2.20. The molecule has 0 aliphatic carbocycles. The van der Waals surface area contributed by atoms with Gasteiger partial charge in [-0.2, -0.15) is 0 Å². The van der Waals surface area contributed by atoms with E-state index < -0.39 is 33.4 Å². The first kappa shape index (κ1) is 27.0. The number of hydrogen-bond donors (Lipinski definition) is 1. The van der Waals surface area contributed by atoms with Crippen LogP contribution in [0.4, 0.5) is 0 Å². The van der Waals surface area contributed by atoms with Crippen molar-refractivity contribution in [3.8, 4) is 0 Å². The van der Waals surface area contributed by atoms with Crippen molar-refractivity contribution in [3.63, 3.8) is 0 Å². The molecule has 0 saturated carbocycles. The lowest BCUT2D eigenvalue weighted by Gasteiger charge is -2.40. The fourth-order valence-electron chi connectivity index (χ4n) is 6.76. The maximum Gasteiger partial charge on any atom is 0.311 e. The van der Waals surface area contributed by atoms with Crippen LogP contribution in [-0.2, 0) is 25.5 Å². The first-order chi connectivity index (χ1) is 18.4. The van der Waals surface area contributed by atoms with Gasteiger partial charge in [0.05, 0.1) is 35.8 Å². The molecule has 7 nitrogen and oxygen atoms in total. The van der Waals surface area contributed by atoms with Gasteiger partial charge in [-0.15, -0.1) is 11.8 Å². The summed E-state index contributed by atoms with van der Waals surface area (Å²) >= 11 is 1.55. The van der Waals surface area contributed by atoms with Crippen LogP contribution in [0.5, 0.6) is 0 Å². The van der Waals surface area contributed by atoms with Gasteiger partial charge in [0, 0.05) is 17.8 Å². The molecule has 204 valence electrons. The van der Waals surface area contributed by atoms with Gasteiger partial charge in [-0.05, 0) is 31.7 Å². The van der Waals surface area contributed by atoms with Crippen LogP contribution in [0.1, 0.15) is 45.1 Å². The summed E-state index contributed by atoms with van der Waals surface area (Å²) < 4.78 is 4.01. The lowest BCUT2D eigenvalue weighted by Crippen LogP contribution is -2.57. The number of thioether (sulfide) groups is 1. The number of benzene rings is 1. The van der Waals surface area contributed by atoms with E-state index in [0.29, 0.717) is 25.9 Å². The zero-order chi connectivity index (χ0) is 26.9. The molecular weight excluding hydrogens is 500 g/mol. The molecule has 1 spiro atoms. The van der Waals surface area contributed by atoms with Crippen LogP contribution >= 0.6 is 11.8 Å². The third-order valence-corrected chi connectivity index (χ3v) is 10.3. The second-order valence-corrected chi connectivity index (χ2v) is 12.8. The summed E-state index contributed by atoms with van der Waals surface area (Å²) in [7, 11) is 0. The molecule has 6 atom stereocenters. The molecule has 4 aliphatic rings. The van der Waals surface area contributed by atoms with Crippen molar-refractivity contribution in [1.82, 2.24) is 9.80 Å². The monoisotopic (exact) mass is 538 g/mol. The predicted octanol–water partition coefficient (Wildman–Crippen LogP) is 3.37. The smallest absolute Gasteiger partial charge is 0.311 e. The SMILES string of the molecule is CCCCCN1CC=C[C@]23S[C@@]4(C)C=CCCOC(=O)[C@H]4[C@H]2C(=O)N([C@@H](CO)Cc2ccccc2)C3C1=O. The summed E-state index contributed by atoms with van der Waals surface area (Å²) in [6.45, 7) is 5.21. The molecular formula is C30H38N2O5S. The average Bonchev–Trinajstić information content (AvgIpc) is 3.23. The lowest BCUT2D eigenvalue weighted by molar-refractivity contribution is -0.154. The van der Waals surface area contributed by atoms with Gasteiger partial charge in [-0.25, -0.2) is 0 Å². The topological polar surface area (TPSA) is 87.2 Å². The zero-order valence-corrected chi connectivity index (χ0v) is 23.1. The number of fused-ring (bicyclic) bond motifs is 2. The zero-order valence-electron chi connectivity index (χ0n) is 22.3. The number of hydrogen-bond acceptors (Lipinski definition) is 6. The minimum absolute atomic E-state index is 0.101. The highest BCUT2D eigenvalue weighted by atomic mass is 32.2. The van der Waals surface area contributed by atoms with Gasteiger partial charge in [0.25, 0.3) is 0 Å². The normalized spacial score (nSPS) is 33.2. The van der Waals surface area contributed by atoms with Crippen LogP contribution in [0.25, 0.3) is 0 Å². The molecule has 2 fully saturated rings. The Morgan fingerprint density at radius 3 is 2.61 bits per heavy atom. The highest BCUT2D eigenvalue weighted by Crippen LogP contribution is 2.65. The third kappa shape index (κ3) is 4.49. The molecule has 38 heavy (non-hydrogen) atoms. The number of nitrogens with zero attached hydrogens (tertiary/aromatic N) is 2. The Hall–Kier alpha value is -2.58. The Balaban J connectivity index is 1.61. The molecule has 0 aromatic heterocycles. The minimum Gasteiger partial charge on any atom is -0.465 e. The summed E-state index contributed by atoms with van der Waals surface area (Å²) in [4.78, 5) is 45.8. The number of rotatable bonds is 8. The number of unbranched alkanes of at least 4 members (excludes halogenated alkanes) is 2. The molecule has 0 radical (unpaired) electrons. The number of amides is 2. The number of esters is 1. The average molecular weight is 539 g/mol. The third-order valence-electron chi connectivity index (χ3n) is 8.49. The second-order valence-electron chi connectivity index (χ2n) is 11.0. The molecule has 2 saturated heterocycles. The van der Waals surface area contributed by atoms with Gasteiger partial charge < -0.3 is 19.6 Å². The van der Waals surface area contributed by atoms with Crippen LogP contribution in [0.15, 0.2) is 54.6 Å². The van der Waals surface area contributed by atoms with Crippen LogP contribution in [0.3, 0.4) is 0 Å². The summed E-state index contributed by atoms with van der Waals surface area (Å²) in [5, 5.41) is 10.6. The van der Waals surface area contributed by atoms with E-state index in [0.717, 1.165) is 24.8 Å². The molecule has 1 aromatic carbocycles. The molecule has 5 rings (SSSR count). The molecule has 8 heteroatoms. The van der Waals surface area contributed by atoms with Crippen molar-refractivity contribution in [1.29, 1.82) is 0 Å². The van der Waals surface area contributed by atoms with Crippen molar-refractivity contribution in [2.75, 3.05) is 26.3 Å². The maximum absolute atomic E-state index is 14.5. The Bertz CT molecular complexity index is 1120. The Labute approximate surface area is 229 Å². The standard InChI is InChI=1S/C30H38N2O5S/c1-3-4-9-16-31-17-11-15-30-23(24-28(36)37-18-10-8-14-29(24,2)38-30)26(34)32(25(30)27(31)35)22(20-33)19-21-12-6-5-7-13-21/h5-8,11-15,22-25,33H,3-4,9-10,16-20H2,1-2H3/t22-,23+,24-,25?,29+,30+/m1/s1. The number of carbonyl (C=O) groups excluding carboxylic acids is 3. The molecule has 1 N–H and O–H groups in total. The highest BCUT2D eigenvalue weighted by molar-refractivity contribution is 8.02. The van der Waals surface area contributed by atoms with Gasteiger partial charge in [0.2, 0.25) is 11.8 Å².